The molecular weight excluding hydrogens is 422 g/mol. The van der Waals surface area contributed by atoms with Gasteiger partial charge in [0.1, 0.15) is 5.82 Å². The van der Waals surface area contributed by atoms with Crippen molar-refractivity contribution in [1.29, 1.82) is 0 Å². The van der Waals surface area contributed by atoms with Gasteiger partial charge in [0.25, 0.3) is 5.56 Å². The van der Waals surface area contributed by atoms with Crippen LogP contribution in [0.2, 0.25) is 0 Å². The Morgan fingerprint density at radius 3 is 2.68 bits per heavy atom. The second-order valence-electron chi connectivity index (χ2n) is 6.73. The van der Waals surface area contributed by atoms with Gasteiger partial charge in [-0.15, -0.1) is 0 Å². The van der Waals surface area contributed by atoms with E-state index in [4.69, 9.17) is 0 Å². The largest absolute Gasteiger partial charge is 0.322 e. The number of halogens is 1. The maximum absolute atomic E-state index is 12.5. The molecule has 1 aliphatic heterocycles. The summed E-state index contributed by atoms with van der Waals surface area (Å²) in [6.45, 7) is 3.25. The van der Waals surface area contributed by atoms with Crippen LogP contribution >= 0.6 is 15.9 Å². The van der Waals surface area contributed by atoms with Crippen molar-refractivity contribution in [2.45, 2.75) is 6.54 Å². The number of para-hydroxylation sites is 1. The van der Waals surface area contributed by atoms with Crippen molar-refractivity contribution in [1.82, 2.24) is 19.8 Å². The second-order valence-corrected chi connectivity index (χ2v) is 7.65. The van der Waals surface area contributed by atoms with Crippen LogP contribution in [0.5, 0.6) is 0 Å². The third kappa shape index (κ3) is 4.23. The molecule has 2 heterocycles. The number of hydrogen-bond acceptors (Lipinski definition) is 4. The predicted molar refractivity (Wildman–Crippen MR) is 112 cm³/mol. The number of anilines is 1. The average molecular weight is 442 g/mol. The van der Waals surface area contributed by atoms with E-state index in [0.717, 1.165) is 23.2 Å². The number of urea groups is 1. The Labute approximate surface area is 170 Å². The fourth-order valence-corrected chi connectivity index (χ4v) is 3.70. The standard InChI is InChI=1S/C20H20BrN5O2/c21-14-4-3-5-15(12-14)22-20(28)26-10-8-25(9-11-26)13-18-23-17-7-2-1-6-16(17)19(27)24-18/h1-7,12H,8-11,13H2,(H,22,28)(H,23,24,27). The molecule has 2 aromatic carbocycles. The number of aromatic amines is 1. The Morgan fingerprint density at radius 1 is 1.11 bits per heavy atom. The SMILES string of the molecule is O=C(Nc1cccc(Br)c1)N1CCN(Cc2nc3ccccc3c(=O)[nH]2)CC1. The van der Waals surface area contributed by atoms with Gasteiger partial charge >= 0.3 is 6.03 Å². The summed E-state index contributed by atoms with van der Waals surface area (Å²) in [5.41, 5.74) is 1.35. The molecule has 2 N–H and O–H groups in total. The Morgan fingerprint density at radius 2 is 1.89 bits per heavy atom. The minimum Gasteiger partial charge on any atom is -0.322 e. The maximum Gasteiger partial charge on any atom is 0.321 e. The van der Waals surface area contributed by atoms with Gasteiger partial charge in [0.05, 0.1) is 17.4 Å². The van der Waals surface area contributed by atoms with E-state index in [1.165, 1.54) is 0 Å². The lowest BCUT2D eigenvalue weighted by Crippen LogP contribution is -2.49. The molecule has 1 aromatic heterocycles. The van der Waals surface area contributed by atoms with E-state index < -0.39 is 0 Å². The van der Waals surface area contributed by atoms with E-state index in [2.05, 4.69) is 36.1 Å². The Bertz CT molecular complexity index is 1060. The number of carbonyl (C=O) groups is 1. The highest BCUT2D eigenvalue weighted by atomic mass is 79.9. The number of benzene rings is 2. The molecule has 8 heteroatoms. The Hall–Kier alpha value is -2.71. The summed E-state index contributed by atoms with van der Waals surface area (Å²) in [4.78, 5) is 36.1. The molecule has 2 amide bonds. The van der Waals surface area contributed by atoms with Gasteiger partial charge in [0.2, 0.25) is 0 Å². The number of piperazine rings is 1. The first-order chi connectivity index (χ1) is 13.6. The first-order valence-electron chi connectivity index (χ1n) is 9.10. The topological polar surface area (TPSA) is 81.3 Å². The van der Waals surface area contributed by atoms with E-state index >= 15 is 0 Å². The molecule has 1 fully saturated rings. The van der Waals surface area contributed by atoms with Crippen LogP contribution < -0.4 is 10.9 Å². The zero-order chi connectivity index (χ0) is 19.5. The Balaban J connectivity index is 1.35. The van der Waals surface area contributed by atoms with Crippen molar-refractivity contribution in [3.63, 3.8) is 0 Å². The van der Waals surface area contributed by atoms with Crippen molar-refractivity contribution in [2.75, 3.05) is 31.5 Å². The smallest absolute Gasteiger partial charge is 0.321 e. The number of nitrogens with one attached hydrogen (secondary N) is 2. The molecule has 0 bridgehead atoms. The first kappa shape index (κ1) is 18.6. The van der Waals surface area contributed by atoms with Crippen LogP contribution in [0.1, 0.15) is 5.82 Å². The molecule has 0 unspecified atom stereocenters. The minimum atomic E-state index is -0.118. The number of nitrogens with zero attached hydrogens (tertiary/aromatic N) is 3. The molecule has 4 rings (SSSR count). The summed E-state index contributed by atoms with van der Waals surface area (Å²) in [6, 6.07) is 14.8. The fourth-order valence-electron chi connectivity index (χ4n) is 3.30. The molecule has 1 saturated heterocycles. The van der Waals surface area contributed by atoms with Crippen molar-refractivity contribution in [3.05, 3.63) is 69.2 Å². The zero-order valence-corrected chi connectivity index (χ0v) is 16.8. The number of aromatic nitrogens is 2. The van der Waals surface area contributed by atoms with Gasteiger partial charge in [-0.25, -0.2) is 9.78 Å². The van der Waals surface area contributed by atoms with Crippen molar-refractivity contribution in [3.8, 4) is 0 Å². The summed E-state index contributed by atoms with van der Waals surface area (Å²) in [5.74, 6) is 0.649. The summed E-state index contributed by atoms with van der Waals surface area (Å²) in [7, 11) is 0. The number of H-pyrrole nitrogens is 1. The van der Waals surface area contributed by atoms with Gasteiger partial charge in [-0.3, -0.25) is 9.69 Å². The summed E-state index contributed by atoms with van der Waals surface area (Å²) in [6.07, 6.45) is 0. The predicted octanol–water partition coefficient (Wildman–Crippen LogP) is 3.04. The minimum absolute atomic E-state index is 0.102. The number of fused-ring (bicyclic) bond motifs is 1. The molecular formula is C20H20BrN5O2. The molecule has 0 spiro atoms. The summed E-state index contributed by atoms with van der Waals surface area (Å²) >= 11 is 3.40. The summed E-state index contributed by atoms with van der Waals surface area (Å²) < 4.78 is 0.923. The third-order valence-electron chi connectivity index (χ3n) is 4.77. The van der Waals surface area contributed by atoms with Crippen molar-refractivity contribution < 1.29 is 4.79 Å². The Kier molecular flexibility index (Phi) is 5.40. The monoisotopic (exact) mass is 441 g/mol. The molecule has 0 saturated carbocycles. The second kappa shape index (κ2) is 8.12. The highest BCUT2D eigenvalue weighted by Gasteiger charge is 2.22. The van der Waals surface area contributed by atoms with E-state index in [0.29, 0.717) is 36.4 Å². The van der Waals surface area contributed by atoms with Crippen LogP contribution in [0.4, 0.5) is 10.5 Å². The van der Waals surface area contributed by atoms with Crippen molar-refractivity contribution in [2.24, 2.45) is 0 Å². The highest BCUT2D eigenvalue weighted by Crippen LogP contribution is 2.16. The third-order valence-corrected chi connectivity index (χ3v) is 5.26. The molecule has 28 heavy (non-hydrogen) atoms. The molecule has 7 nitrogen and oxygen atoms in total. The lowest BCUT2D eigenvalue weighted by Gasteiger charge is -2.34. The highest BCUT2D eigenvalue weighted by molar-refractivity contribution is 9.10. The lowest BCUT2D eigenvalue weighted by atomic mass is 10.2. The normalized spacial score (nSPS) is 15.0. The van der Waals surface area contributed by atoms with E-state index in [1.807, 2.05) is 42.5 Å². The van der Waals surface area contributed by atoms with Gasteiger partial charge in [-0.2, -0.15) is 0 Å². The molecule has 1 aliphatic rings. The van der Waals surface area contributed by atoms with Gasteiger partial charge in [-0.05, 0) is 30.3 Å². The van der Waals surface area contributed by atoms with Crippen LogP contribution in [0.15, 0.2) is 57.8 Å². The van der Waals surface area contributed by atoms with Gasteiger partial charge in [-0.1, -0.05) is 34.1 Å². The van der Waals surface area contributed by atoms with Crippen LogP contribution in [0.25, 0.3) is 10.9 Å². The van der Waals surface area contributed by atoms with Crippen molar-refractivity contribution >= 4 is 38.6 Å². The average Bonchev–Trinajstić information content (AvgIpc) is 2.68. The number of carbonyl (C=O) groups excluding carboxylic acids is 1. The molecule has 144 valence electrons. The van der Waals surface area contributed by atoms with Gasteiger partial charge < -0.3 is 15.2 Å². The van der Waals surface area contributed by atoms with Gasteiger partial charge in [0, 0.05) is 36.3 Å². The summed E-state index contributed by atoms with van der Waals surface area (Å²) in [5, 5.41) is 3.52. The molecule has 0 radical (unpaired) electrons. The van der Waals surface area contributed by atoms with E-state index in [-0.39, 0.29) is 11.6 Å². The first-order valence-corrected chi connectivity index (χ1v) is 9.89. The molecule has 0 atom stereocenters. The number of amides is 2. The van der Waals surface area contributed by atoms with Gasteiger partial charge in [0.15, 0.2) is 0 Å². The number of rotatable bonds is 3. The zero-order valence-electron chi connectivity index (χ0n) is 15.2. The lowest BCUT2D eigenvalue weighted by molar-refractivity contribution is 0.141. The fraction of sp³-hybridized carbons (Fsp3) is 0.250. The maximum atomic E-state index is 12.5. The molecule has 3 aromatic rings. The van der Waals surface area contributed by atoms with E-state index in [9.17, 15) is 9.59 Å². The quantitative estimate of drug-likeness (QED) is 0.654. The number of hydrogen-bond donors (Lipinski definition) is 2. The van der Waals surface area contributed by atoms with Crippen LogP contribution in [0, 0.1) is 0 Å². The molecule has 0 aliphatic carbocycles. The van der Waals surface area contributed by atoms with Crippen LogP contribution in [-0.2, 0) is 6.54 Å². The van der Waals surface area contributed by atoms with Crippen LogP contribution in [0.3, 0.4) is 0 Å². The van der Waals surface area contributed by atoms with Crippen LogP contribution in [-0.4, -0.2) is 52.0 Å². The van der Waals surface area contributed by atoms with E-state index in [1.54, 1.807) is 11.0 Å².